The molecule has 0 aliphatic carbocycles. The quantitative estimate of drug-likeness (QED) is 0.679. The number of likely N-dealkylation sites (tertiary alicyclic amines) is 1. The number of aryl methyl sites for hydroxylation is 2. The summed E-state index contributed by atoms with van der Waals surface area (Å²) in [6.07, 6.45) is 3.66. The molecule has 7 nitrogen and oxygen atoms in total. The Morgan fingerprint density at radius 1 is 1.11 bits per heavy atom. The topological polar surface area (TPSA) is 95.9 Å². The Hall–Kier alpha value is -2.57. The number of carbonyl (C=O) groups excluding carboxylic acids is 2. The minimum Gasteiger partial charge on any atom is -0.483 e. The van der Waals surface area contributed by atoms with Gasteiger partial charge in [-0.2, -0.15) is 0 Å². The van der Waals surface area contributed by atoms with Crippen LogP contribution in [-0.2, 0) is 9.59 Å². The van der Waals surface area contributed by atoms with Gasteiger partial charge in [-0.05, 0) is 62.8 Å². The molecule has 1 aliphatic heterocycles. The van der Waals surface area contributed by atoms with Gasteiger partial charge in [0.15, 0.2) is 6.61 Å². The van der Waals surface area contributed by atoms with Crippen LogP contribution in [0.4, 0.5) is 0 Å². The van der Waals surface area contributed by atoms with Crippen molar-refractivity contribution in [1.29, 1.82) is 0 Å². The lowest BCUT2D eigenvalue weighted by Crippen LogP contribution is -2.38. The molecule has 1 aliphatic rings. The van der Waals surface area contributed by atoms with Crippen molar-refractivity contribution in [3.05, 3.63) is 28.8 Å². The molecule has 0 saturated carbocycles. The smallest absolute Gasteiger partial charge is 0.303 e. The SMILES string of the molecule is Cc1cc(C(=O)NCCCC(=O)O)cc(C)c1OCC(=O)N1CCCCC1. The summed E-state index contributed by atoms with van der Waals surface area (Å²) in [6.45, 7) is 5.58. The Morgan fingerprint density at radius 3 is 2.33 bits per heavy atom. The normalized spacial score (nSPS) is 13.9. The molecule has 1 heterocycles. The Kier molecular flexibility index (Phi) is 7.64. The molecule has 1 aromatic carbocycles. The molecule has 2 amide bonds. The second kappa shape index (κ2) is 9.94. The van der Waals surface area contributed by atoms with E-state index in [2.05, 4.69) is 5.32 Å². The maximum atomic E-state index is 12.3. The van der Waals surface area contributed by atoms with E-state index in [9.17, 15) is 14.4 Å². The molecule has 1 aromatic rings. The largest absolute Gasteiger partial charge is 0.483 e. The summed E-state index contributed by atoms with van der Waals surface area (Å²) >= 11 is 0. The van der Waals surface area contributed by atoms with Crippen LogP contribution < -0.4 is 10.1 Å². The summed E-state index contributed by atoms with van der Waals surface area (Å²) in [5, 5.41) is 11.3. The Morgan fingerprint density at radius 2 is 1.74 bits per heavy atom. The zero-order valence-electron chi connectivity index (χ0n) is 16.0. The Balaban J connectivity index is 1.92. The number of hydrogen-bond donors (Lipinski definition) is 2. The molecular formula is C20H28N2O5. The maximum Gasteiger partial charge on any atom is 0.303 e. The van der Waals surface area contributed by atoms with Gasteiger partial charge in [0.25, 0.3) is 11.8 Å². The van der Waals surface area contributed by atoms with Gasteiger partial charge in [0.2, 0.25) is 0 Å². The number of carboxylic acid groups (broad SMARTS) is 1. The fraction of sp³-hybridized carbons (Fsp3) is 0.550. The summed E-state index contributed by atoms with van der Waals surface area (Å²) < 4.78 is 5.75. The van der Waals surface area contributed by atoms with E-state index in [0.29, 0.717) is 24.3 Å². The van der Waals surface area contributed by atoms with E-state index < -0.39 is 5.97 Å². The summed E-state index contributed by atoms with van der Waals surface area (Å²) in [4.78, 5) is 36.8. The Labute approximate surface area is 159 Å². The number of aliphatic carboxylic acids is 1. The first-order valence-electron chi connectivity index (χ1n) is 9.40. The molecule has 7 heteroatoms. The monoisotopic (exact) mass is 376 g/mol. The third-order valence-electron chi connectivity index (χ3n) is 4.62. The third-order valence-corrected chi connectivity index (χ3v) is 4.62. The van der Waals surface area contributed by atoms with Crippen molar-refractivity contribution < 1.29 is 24.2 Å². The van der Waals surface area contributed by atoms with Crippen LogP contribution in [0.15, 0.2) is 12.1 Å². The van der Waals surface area contributed by atoms with E-state index in [-0.39, 0.29) is 24.8 Å². The van der Waals surface area contributed by atoms with Crippen LogP contribution in [0.5, 0.6) is 5.75 Å². The number of amides is 2. The summed E-state index contributed by atoms with van der Waals surface area (Å²) in [7, 11) is 0. The first-order valence-corrected chi connectivity index (χ1v) is 9.40. The molecule has 0 unspecified atom stereocenters. The molecule has 0 bridgehead atoms. The van der Waals surface area contributed by atoms with E-state index in [4.69, 9.17) is 9.84 Å². The molecular weight excluding hydrogens is 348 g/mol. The zero-order chi connectivity index (χ0) is 19.8. The van der Waals surface area contributed by atoms with Gasteiger partial charge in [0.1, 0.15) is 5.75 Å². The molecule has 27 heavy (non-hydrogen) atoms. The van der Waals surface area contributed by atoms with Gasteiger partial charge < -0.3 is 20.1 Å². The lowest BCUT2D eigenvalue weighted by atomic mass is 10.0. The van der Waals surface area contributed by atoms with E-state index in [1.54, 1.807) is 12.1 Å². The Bertz CT molecular complexity index is 673. The number of carboxylic acids is 1. The maximum absolute atomic E-state index is 12.3. The van der Waals surface area contributed by atoms with Gasteiger partial charge in [-0.1, -0.05) is 0 Å². The molecule has 2 N–H and O–H groups in total. The minimum atomic E-state index is -0.878. The van der Waals surface area contributed by atoms with Crippen molar-refractivity contribution >= 4 is 17.8 Å². The summed E-state index contributed by atoms with van der Waals surface area (Å²) in [5.41, 5.74) is 2.07. The molecule has 0 radical (unpaired) electrons. The highest BCUT2D eigenvalue weighted by Gasteiger charge is 2.18. The first-order chi connectivity index (χ1) is 12.9. The van der Waals surface area contributed by atoms with Crippen molar-refractivity contribution in [3.8, 4) is 5.75 Å². The second-order valence-corrected chi connectivity index (χ2v) is 6.92. The predicted molar refractivity (Wildman–Crippen MR) is 101 cm³/mol. The van der Waals surface area contributed by atoms with Gasteiger partial charge in [0.05, 0.1) is 0 Å². The van der Waals surface area contributed by atoms with Crippen LogP contribution >= 0.6 is 0 Å². The van der Waals surface area contributed by atoms with Crippen molar-refractivity contribution in [2.24, 2.45) is 0 Å². The number of ether oxygens (including phenoxy) is 1. The highest BCUT2D eigenvalue weighted by molar-refractivity contribution is 5.95. The number of rotatable bonds is 8. The standard InChI is InChI=1S/C20H28N2O5/c1-14-11-16(20(26)21-8-6-7-18(24)25)12-15(2)19(14)27-13-17(23)22-9-4-3-5-10-22/h11-12H,3-10,13H2,1-2H3,(H,21,26)(H,24,25). The highest BCUT2D eigenvalue weighted by atomic mass is 16.5. The van der Waals surface area contributed by atoms with Crippen molar-refractivity contribution in [2.45, 2.75) is 46.0 Å². The first kappa shape index (κ1) is 20.7. The second-order valence-electron chi connectivity index (χ2n) is 6.92. The predicted octanol–water partition coefficient (Wildman–Crippen LogP) is 2.29. The van der Waals surface area contributed by atoms with Crippen LogP contribution in [0.25, 0.3) is 0 Å². The highest BCUT2D eigenvalue weighted by Crippen LogP contribution is 2.25. The van der Waals surface area contributed by atoms with E-state index in [1.165, 1.54) is 6.42 Å². The number of piperidine rings is 1. The molecule has 2 rings (SSSR count). The molecule has 0 atom stereocenters. The lowest BCUT2D eigenvalue weighted by molar-refractivity contribution is -0.137. The van der Waals surface area contributed by atoms with Gasteiger partial charge in [-0.25, -0.2) is 0 Å². The van der Waals surface area contributed by atoms with Gasteiger partial charge >= 0.3 is 5.97 Å². The lowest BCUT2D eigenvalue weighted by Gasteiger charge is -2.26. The number of hydrogen-bond acceptors (Lipinski definition) is 4. The van der Waals surface area contributed by atoms with Crippen LogP contribution in [0.2, 0.25) is 0 Å². The number of nitrogens with zero attached hydrogens (tertiary/aromatic N) is 1. The van der Waals surface area contributed by atoms with Crippen molar-refractivity contribution in [1.82, 2.24) is 10.2 Å². The summed E-state index contributed by atoms with van der Waals surface area (Å²) in [6, 6.07) is 3.44. The molecule has 0 spiro atoms. The molecule has 1 fully saturated rings. The minimum absolute atomic E-state index is 0.00239. The summed E-state index contributed by atoms with van der Waals surface area (Å²) in [5.74, 6) is -0.504. The van der Waals surface area contributed by atoms with Crippen molar-refractivity contribution in [2.75, 3.05) is 26.2 Å². The fourth-order valence-electron chi connectivity index (χ4n) is 3.22. The van der Waals surface area contributed by atoms with Crippen LogP contribution in [0, 0.1) is 13.8 Å². The van der Waals surface area contributed by atoms with Crippen LogP contribution in [0.1, 0.15) is 53.6 Å². The number of nitrogens with one attached hydrogen (secondary N) is 1. The van der Waals surface area contributed by atoms with Crippen LogP contribution in [-0.4, -0.2) is 54.0 Å². The van der Waals surface area contributed by atoms with E-state index >= 15 is 0 Å². The van der Waals surface area contributed by atoms with Crippen LogP contribution in [0.3, 0.4) is 0 Å². The zero-order valence-corrected chi connectivity index (χ0v) is 16.0. The number of carbonyl (C=O) groups is 3. The molecule has 0 aromatic heterocycles. The van der Waals surface area contributed by atoms with Gasteiger partial charge in [-0.3, -0.25) is 14.4 Å². The number of benzene rings is 1. The average molecular weight is 376 g/mol. The molecule has 148 valence electrons. The fourth-order valence-corrected chi connectivity index (χ4v) is 3.22. The van der Waals surface area contributed by atoms with E-state index in [0.717, 1.165) is 37.1 Å². The third kappa shape index (κ3) is 6.27. The van der Waals surface area contributed by atoms with Gasteiger partial charge in [0, 0.05) is 31.6 Å². The molecule has 1 saturated heterocycles. The van der Waals surface area contributed by atoms with Gasteiger partial charge in [-0.15, -0.1) is 0 Å². The van der Waals surface area contributed by atoms with E-state index in [1.807, 2.05) is 18.7 Å². The van der Waals surface area contributed by atoms with Crippen molar-refractivity contribution in [3.63, 3.8) is 0 Å². The average Bonchev–Trinajstić information content (AvgIpc) is 2.64.